The SMILES string of the molecule is [2H]NCCCC. The first-order valence-electron chi connectivity index (χ1n) is 2.56. The molecule has 5 heavy (non-hydrogen) atoms. The minimum Gasteiger partial charge on any atom is -0.330 e. The highest BCUT2D eigenvalue weighted by Crippen LogP contribution is 1.77. The van der Waals surface area contributed by atoms with Gasteiger partial charge in [-0.25, -0.2) is 0 Å². The Bertz CT molecular complexity index is 19.5. The molecule has 0 aromatic heterocycles. The lowest BCUT2D eigenvalue weighted by Crippen LogP contribution is -1.95. The van der Waals surface area contributed by atoms with Crippen LogP contribution in [0.2, 0.25) is 1.41 Å². The molecular weight excluding hydrogens is 62.1 g/mol. The van der Waals surface area contributed by atoms with Gasteiger partial charge in [-0.05, 0) is 13.0 Å². The molecule has 0 aliphatic carbocycles. The maximum Gasteiger partial charge on any atom is 0.118 e. The molecule has 0 rings (SSSR count). The number of unbranched alkanes of at least 4 members (excludes halogenated alkanes) is 1. The molecule has 0 heterocycles. The van der Waals surface area contributed by atoms with Gasteiger partial charge >= 0.3 is 0 Å². The number of hydrogen-bond donors (Lipinski definition) is 1. The molecule has 0 fully saturated rings. The quantitative estimate of drug-likeness (QED) is 0.491. The van der Waals surface area contributed by atoms with Crippen LogP contribution in [0.3, 0.4) is 0 Å². The van der Waals surface area contributed by atoms with Crippen molar-refractivity contribution >= 4 is 0 Å². The van der Waals surface area contributed by atoms with Crippen LogP contribution >= 0.6 is 0 Å². The van der Waals surface area contributed by atoms with Crippen molar-refractivity contribution in [2.24, 2.45) is 5.73 Å². The highest BCUT2D eigenvalue weighted by atomic mass is 14.5. The molecule has 0 radical (unpaired) electrons. The molecule has 0 unspecified atom stereocenters. The number of rotatable bonds is 3. The van der Waals surface area contributed by atoms with Crippen molar-refractivity contribution in [3.05, 3.63) is 0 Å². The van der Waals surface area contributed by atoms with Crippen molar-refractivity contribution in [2.75, 3.05) is 6.54 Å². The summed E-state index contributed by atoms with van der Waals surface area (Å²) < 4.78 is 6.46. The van der Waals surface area contributed by atoms with Gasteiger partial charge in [-0.15, -0.1) is 0 Å². The van der Waals surface area contributed by atoms with Crippen molar-refractivity contribution in [2.45, 2.75) is 19.8 Å². The standard InChI is InChI=1S/C4H11N/c1-2-3-4-5/h2-5H2,1H3/i/hD. The van der Waals surface area contributed by atoms with E-state index in [1.54, 1.807) is 0 Å². The van der Waals surface area contributed by atoms with E-state index in [9.17, 15) is 0 Å². The molecule has 0 saturated carbocycles. The summed E-state index contributed by atoms with van der Waals surface area (Å²) in [5, 5.41) is 0. The first kappa shape index (κ1) is 3.16. The normalized spacial score (nSPS) is 11.0. The lowest BCUT2D eigenvalue weighted by molar-refractivity contribution is 0.807. The largest absolute Gasteiger partial charge is 0.330 e. The van der Waals surface area contributed by atoms with Gasteiger partial charge in [0.1, 0.15) is 1.41 Å². The van der Waals surface area contributed by atoms with Gasteiger partial charge in [0.05, 0.1) is 0 Å². The van der Waals surface area contributed by atoms with E-state index in [4.69, 9.17) is 1.41 Å². The van der Waals surface area contributed by atoms with Crippen molar-refractivity contribution in [3.8, 4) is 0 Å². The Morgan fingerprint density at radius 2 is 2.80 bits per heavy atom. The van der Waals surface area contributed by atoms with Crippen LogP contribution in [-0.4, -0.2) is 6.54 Å². The number of hydrogen-bond acceptors (Lipinski definition) is 1. The third kappa shape index (κ3) is 3.96. The van der Waals surface area contributed by atoms with Gasteiger partial charge in [0.25, 0.3) is 0 Å². The fraction of sp³-hybridized carbons (Fsp3) is 1.00. The van der Waals surface area contributed by atoms with Crippen LogP contribution in [0.15, 0.2) is 0 Å². The van der Waals surface area contributed by atoms with Crippen LogP contribution in [0.4, 0.5) is 0 Å². The monoisotopic (exact) mass is 74.1 g/mol. The average molecular weight is 74.1 g/mol. The molecule has 0 saturated heterocycles. The van der Waals surface area contributed by atoms with Crippen LogP contribution in [0.25, 0.3) is 0 Å². The van der Waals surface area contributed by atoms with Gasteiger partial charge in [-0.3, -0.25) is 0 Å². The van der Waals surface area contributed by atoms with E-state index >= 15 is 0 Å². The van der Waals surface area contributed by atoms with Crippen LogP contribution in [0, 0.1) is 0 Å². The average Bonchev–Trinajstić information content (AvgIpc) is 1.61. The van der Waals surface area contributed by atoms with Crippen LogP contribution in [0.5, 0.6) is 0 Å². The summed E-state index contributed by atoms with van der Waals surface area (Å²) in [7, 11) is 0. The molecule has 32 valence electrons. The zero-order chi connectivity index (χ0) is 4.83. The van der Waals surface area contributed by atoms with Gasteiger partial charge < -0.3 is 5.73 Å². The molecule has 0 aromatic carbocycles. The third-order valence-corrected chi connectivity index (χ3v) is 0.530. The van der Waals surface area contributed by atoms with E-state index in [0.717, 1.165) is 13.0 Å². The van der Waals surface area contributed by atoms with E-state index in [1.165, 1.54) is 6.42 Å². The molecular formula is C4H11N. The lowest BCUT2D eigenvalue weighted by Gasteiger charge is -1.80. The molecule has 2 N–H and O–H groups in total. The second-order valence-corrected chi connectivity index (χ2v) is 1.10. The zero-order valence-corrected chi connectivity index (χ0v) is 3.62. The number of nitrogens with two attached hydrogens (primary N) is 1. The fourth-order valence-corrected chi connectivity index (χ4v) is 0.177. The Labute approximate surface area is 34.6 Å². The van der Waals surface area contributed by atoms with Gasteiger partial charge in [0.15, 0.2) is 0 Å². The third-order valence-electron chi connectivity index (χ3n) is 0.530. The minimum absolute atomic E-state index is 0.830. The Kier molecular flexibility index (Phi) is 2.50. The molecule has 0 aromatic rings. The van der Waals surface area contributed by atoms with Crippen molar-refractivity contribution in [1.29, 1.82) is 0 Å². The predicted octanol–water partition coefficient (Wildman–Crippen LogP) is 0.745. The van der Waals surface area contributed by atoms with Crippen LogP contribution < -0.4 is 5.73 Å². The molecule has 1 heteroatoms. The minimum atomic E-state index is 0.830. The first-order chi connectivity index (χ1) is 2.91. The van der Waals surface area contributed by atoms with E-state index in [-0.39, 0.29) is 0 Å². The molecule has 0 atom stereocenters. The lowest BCUT2D eigenvalue weighted by atomic mass is 10.3. The van der Waals surface area contributed by atoms with Crippen molar-refractivity contribution < 1.29 is 1.41 Å². The van der Waals surface area contributed by atoms with Crippen molar-refractivity contribution in [1.82, 2.24) is 0 Å². The highest BCUT2D eigenvalue weighted by Gasteiger charge is 1.67. The smallest absolute Gasteiger partial charge is 0.118 e. The first-order valence-corrected chi connectivity index (χ1v) is 2.06. The second-order valence-electron chi connectivity index (χ2n) is 1.10. The molecule has 0 spiro atoms. The Balaban J connectivity index is 2.34. The summed E-state index contributed by atoms with van der Waals surface area (Å²) in [6.07, 6.45) is 2.29. The van der Waals surface area contributed by atoms with E-state index in [2.05, 4.69) is 12.7 Å². The van der Waals surface area contributed by atoms with Gasteiger partial charge in [0, 0.05) is 0 Å². The summed E-state index contributed by atoms with van der Waals surface area (Å²) in [5.41, 5.74) is 2.32. The summed E-state index contributed by atoms with van der Waals surface area (Å²) in [4.78, 5) is 0. The van der Waals surface area contributed by atoms with Crippen LogP contribution in [0.1, 0.15) is 19.8 Å². The topological polar surface area (TPSA) is 26.0 Å². The summed E-state index contributed by atoms with van der Waals surface area (Å²) >= 11 is 0. The summed E-state index contributed by atoms with van der Waals surface area (Å²) in [6.45, 7) is 2.94. The Morgan fingerprint density at radius 3 is 3.00 bits per heavy atom. The fourth-order valence-electron chi connectivity index (χ4n) is 0.177. The summed E-state index contributed by atoms with van der Waals surface area (Å²) in [5.74, 6) is 0. The van der Waals surface area contributed by atoms with Gasteiger partial charge in [-0.1, -0.05) is 13.3 Å². The van der Waals surface area contributed by atoms with Gasteiger partial charge in [-0.2, -0.15) is 0 Å². The second kappa shape index (κ2) is 3.96. The Morgan fingerprint density at radius 1 is 2.00 bits per heavy atom. The van der Waals surface area contributed by atoms with E-state index < -0.39 is 0 Å². The molecule has 0 aliphatic rings. The summed E-state index contributed by atoms with van der Waals surface area (Å²) in [6, 6.07) is 0. The van der Waals surface area contributed by atoms with Crippen LogP contribution in [-0.2, 0) is 0 Å². The van der Waals surface area contributed by atoms with Gasteiger partial charge in [0.2, 0.25) is 0 Å². The van der Waals surface area contributed by atoms with E-state index in [0.29, 0.717) is 0 Å². The maximum atomic E-state index is 6.46. The zero-order valence-electron chi connectivity index (χ0n) is 4.62. The highest BCUT2D eigenvalue weighted by molar-refractivity contribution is 4.29. The molecule has 0 aliphatic heterocycles. The predicted molar refractivity (Wildman–Crippen MR) is 24.0 cm³/mol. The Hall–Kier alpha value is -0.0400. The molecule has 0 amide bonds. The molecule has 1 nitrogen and oxygen atoms in total. The maximum absolute atomic E-state index is 6.46. The van der Waals surface area contributed by atoms with E-state index in [1.807, 2.05) is 0 Å². The molecule has 0 bridgehead atoms. The van der Waals surface area contributed by atoms with Crippen molar-refractivity contribution in [3.63, 3.8) is 0 Å².